The molecule has 0 saturated heterocycles. The molecular formula is C22H23NO3. The maximum atomic E-state index is 12.8. The van der Waals surface area contributed by atoms with Gasteiger partial charge in [-0.05, 0) is 36.1 Å². The first-order valence-corrected chi connectivity index (χ1v) is 9.04. The van der Waals surface area contributed by atoms with E-state index in [0.717, 1.165) is 40.9 Å². The van der Waals surface area contributed by atoms with Gasteiger partial charge in [0.05, 0.1) is 11.1 Å². The zero-order chi connectivity index (χ0) is 18.3. The highest BCUT2D eigenvalue weighted by Crippen LogP contribution is 2.35. The van der Waals surface area contributed by atoms with E-state index in [1.165, 1.54) is 0 Å². The zero-order valence-corrected chi connectivity index (χ0v) is 15.4. The second-order valence-electron chi connectivity index (χ2n) is 7.35. The Kier molecular flexibility index (Phi) is 4.29. The minimum atomic E-state index is -0.296. The Bertz CT molecular complexity index is 1010. The quantitative estimate of drug-likeness (QED) is 0.649. The highest BCUT2D eigenvalue weighted by atomic mass is 16.5. The van der Waals surface area contributed by atoms with Crippen LogP contribution in [-0.2, 0) is 6.54 Å². The number of nitrogens with zero attached hydrogens (tertiary/aromatic N) is 1. The standard InChI is InChI=1S/C22H23NO3/c1-14(2)11-23-12-18-19(25-13-23)10-9-17-15(3)20(22(24)26-21(17)18)16-7-5-4-6-8-16/h4-10,14H,11-13H2,1-3H3. The zero-order valence-electron chi connectivity index (χ0n) is 15.4. The topological polar surface area (TPSA) is 42.7 Å². The van der Waals surface area contributed by atoms with Crippen molar-refractivity contribution in [3.05, 3.63) is 64.0 Å². The second kappa shape index (κ2) is 6.61. The maximum Gasteiger partial charge on any atom is 0.344 e. The number of hydrogen-bond donors (Lipinski definition) is 0. The van der Waals surface area contributed by atoms with Gasteiger partial charge in [0.2, 0.25) is 0 Å². The molecule has 1 aliphatic heterocycles. The van der Waals surface area contributed by atoms with E-state index in [1.807, 2.05) is 49.4 Å². The Morgan fingerprint density at radius 1 is 1.12 bits per heavy atom. The molecule has 3 aromatic rings. The van der Waals surface area contributed by atoms with Crippen LogP contribution in [0.3, 0.4) is 0 Å². The summed E-state index contributed by atoms with van der Waals surface area (Å²) in [6, 6.07) is 13.7. The SMILES string of the molecule is Cc1c(-c2ccccc2)c(=O)oc2c3c(ccc12)OCN(CC(C)C)C3. The molecule has 0 atom stereocenters. The summed E-state index contributed by atoms with van der Waals surface area (Å²) in [4.78, 5) is 15.0. The average Bonchev–Trinajstić information content (AvgIpc) is 2.62. The van der Waals surface area contributed by atoms with E-state index in [0.29, 0.717) is 23.8 Å². The highest BCUT2D eigenvalue weighted by Gasteiger charge is 2.23. The summed E-state index contributed by atoms with van der Waals surface area (Å²) in [6.07, 6.45) is 0. The second-order valence-corrected chi connectivity index (χ2v) is 7.35. The van der Waals surface area contributed by atoms with Crippen molar-refractivity contribution in [1.29, 1.82) is 0 Å². The molecule has 0 N–H and O–H groups in total. The van der Waals surface area contributed by atoms with Gasteiger partial charge in [-0.25, -0.2) is 4.79 Å². The van der Waals surface area contributed by atoms with Crippen LogP contribution >= 0.6 is 0 Å². The molecule has 0 fully saturated rings. The molecule has 0 amide bonds. The van der Waals surface area contributed by atoms with Gasteiger partial charge in [0.25, 0.3) is 0 Å². The van der Waals surface area contributed by atoms with E-state index in [-0.39, 0.29) is 5.63 Å². The van der Waals surface area contributed by atoms with E-state index < -0.39 is 0 Å². The predicted molar refractivity (Wildman–Crippen MR) is 103 cm³/mol. The summed E-state index contributed by atoms with van der Waals surface area (Å²) in [7, 11) is 0. The van der Waals surface area contributed by atoms with Crippen molar-refractivity contribution in [2.75, 3.05) is 13.3 Å². The van der Waals surface area contributed by atoms with Crippen molar-refractivity contribution in [3.63, 3.8) is 0 Å². The van der Waals surface area contributed by atoms with Gasteiger partial charge in [-0.1, -0.05) is 44.2 Å². The van der Waals surface area contributed by atoms with Crippen molar-refractivity contribution in [2.45, 2.75) is 27.3 Å². The van der Waals surface area contributed by atoms with E-state index in [1.54, 1.807) is 0 Å². The lowest BCUT2D eigenvalue weighted by Crippen LogP contribution is -2.34. The molecule has 134 valence electrons. The van der Waals surface area contributed by atoms with Crippen LogP contribution in [0.4, 0.5) is 0 Å². The molecule has 1 aromatic heterocycles. The highest BCUT2D eigenvalue weighted by molar-refractivity contribution is 5.90. The Morgan fingerprint density at radius 3 is 2.62 bits per heavy atom. The number of hydrogen-bond acceptors (Lipinski definition) is 4. The smallest absolute Gasteiger partial charge is 0.344 e. The molecule has 0 radical (unpaired) electrons. The Labute approximate surface area is 153 Å². The first kappa shape index (κ1) is 16.9. The third-order valence-electron chi connectivity index (χ3n) is 4.87. The summed E-state index contributed by atoms with van der Waals surface area (Å²) in [5.41, 5.74) is 3.79. The van der Waals surface area contributed by atoms with Crippen LogP contribution < -0.4 is 10.4 Å². The van der Waals surface area contributed by atoms with Gasteiger partial charge in [-0.15, -0.1) is 0 Å². The lowest BCUT2D eigenvalue weighted by Gasteiger charge is -2.30. The van der Waals surface area contributed by atoms with Crippen LogP contribution in [0.2, 0.25) is 0 Å². The summed E-state index contributed by atoms with van der Waals surface area (Å²) >= 11 is 0. The minimum Gasteiger partial charge on any atom is -0.478 e. The number of rotatable bonds is 3. The van der Waals surface area contributed by atoms with Gasteiger partial charge in [0.1, 0.15) is 18.1 Å². The van der Waals surface area contributed by atoms with Crippen molar-refractivity contribution < 1.29 is 9.15 Å². The molecular weight excluding hydrogens is 326 g/mol. The van der Waals surface area contributed by atoms with Gasteiger partial charge in [0, 0.05) is 18.5 Å². The molecule has 2 heterocycles. The normalized spacial score (nSPS) is 14.5. The summed E-state index contributed by atoms with van der Waals surface area (Å²) in [6.45, 7) is 8.62. The van der Waals surface area contributed by atoms with Gasteiger partial charge >= 0.3 is 5.63 Å². The lowest BCUT2D eigenvalue weighted by atomic mass is 9.97. The van der Waals surface area contributed by atoms with Crippen molar-refractivity contribution in [2.24, 2.45) is 5.92 Å². The number of aryl methyl sites for hydroxylation is 1. The van der Waals surface area contributed by atoms with Gasteiger partial charge < -0.3 is 9.15 Å². The molecule has 1 aliphatic rings. The molecule has 2 aromatic carbocycles. The molecule has 0 bridgehead atoms. The van der Waals surface area contributed by atoms with Gasteiger partial charge in [-0.2, -0.15) is 0 Å². The fourth-order valence-corrected chi connectivity index (χ4v) is 3.74. The van der Waals surface area contributed by atoms with Crippen LogP contribution in [0.15, 0.2) is 51.7 Å². The van der Waals surface area contributed by atoms with E-state index in [4.69, 9.17) is 9.15 Å². The van der Waals surface area contributed by atoms with Crippen molar-refractivity contribution >= 4 is 11.0 Å². The third-order valence-corrected chi connectivity index (χ3v) is 4.87. The third kappa shape index (κ3) is 2.90. The first-order valence-electron chi connectivity index (χ1n) is 9.04. The predicted octanol–water partition coefficient (Wildman–Crippen LogP) is 4.58. The molecule has 4 heteroatoms. The molecule has 26 heavy (non-hydrogen) atoms. The Balaban J connectivity index is 1.88. The summed E-state index contributed by atoms with van der Waals surface area (Å²) < 4.78 is 11.7. The minimum absolute atomic E-state index is 0.296. The van der Waals surface area contributed by atoms with Crippen LogP contribution in [-0.4, -0.2) is 18.2 Å². The van der Waals surface area contributed by atoms with Gasteiger partial charge in [0.15, 0.2) is 0 Å². The largest absolute Gasteiger partial charge is 0.478 e. The Morgan fingerprint density at radius 2 is 1.88 bits per heavy atom. The van der Waals surface area contributed by atoms with Crippen LogP contribution in [0, 0.1) is 12.8 Å². The fraction of sp³-hybridized carbons (Fsp3) is 0.318. The monoisotopic (exact) mass is 349 g/mol. The number of ether oxygens (including phenoxy) is 1. The van der Waals surface area contributed by atoms with Crippen LogP contribution in [0.1, 0.15) is 25.0 Å². The number of benzene rings is 2. The molecule has 4 rings (SSSR count). The van der Waals surface area contributed by atoms with Crippen LogP contribution in [0.25, 0.3) is 22.1 Å². The molecule has 4 nitrogen and oxygen atoms in total. The summed E-state index contributed by atoms with van der Waals surface area (Å²) in [5.74, 6) is 1.36. The Hall–Kier alpha value is -2.59. The first-order chi connectivity index (χ1) is 12.5. The lowest BCUT2D eigenvalue weighted by molar-refractivity contribution is 0.0848. The van der Waals surface area contributed by atoms with E-state index in [9.17, 15) is 4.79 Å². The van der Waals surface area contributed by atoms with E-state index in [2.05, 4.69) is 18.7 Å². The molecule has 0 unspecified atom stereocenters. The molecule has 0 spiro atoms. The average molecular weight is 349 g/mol. The maximum absolute atomic E-state index is 12.8. The van der Waals surface area contributed by atoms with Crippen molar-refractivity contribution in [1.82, 2.24) is 4.90 Å². The van der Waals surface area contributed by atoms with Crippen LogP contribution in [0.5, 0.6) is 5.75 Å². The van der Waals surface area contributed by atoms with Crippen molar-refractivity contribution in [3.8, 4) is 16.9 Å². The molecule has 0 saturated carbocycles. The van der Waals surface area contributed by atoms with E-state index >= 15 is 0 Å². The summed E-state index contributed by atoms with van der Waals surface area (Å²) in [5, 5.41) is 0.970. The fourth-order valence-electron chi connectivity index (χ4n) is 3.74. The number of fused-ring (bicyclic) bond motifs is 3. The molecule has 0 aliphatic carbocycles. The van der Waals surface area contributed by atoms with Gasteiger partial charge in [-0.3, -0.25) is 4.90 Å².